The number of hydrogen-bond donors (Lipinski definition) is 3. The fraction of sp³-hybridized carbons (Fsp3) is 0.300. The monoisotopic (exact) mass is 446 g/mol. The number of ether oxygens (including phenoxy) is 1. The van der Waals surface area contributed by atoms with E-state index in [0.29, 0.717) is 24.6 Å². The number of rotatable bonds is 6. The van der Waals surface area contributed by atoms with Crippen LogP contribution in [0.4, 0.5) is 11.5 Å². The van der Waals surface area contributed by atoms with Crippen LogP contribution in [0.3, 0.4) is 0 Å². The number of nitrogens with zero attached hydrogens (tertiary/aromatic N) is 2. The molecular formula is C20H22N4O6S. The van der Waals surface area contributed by atoms with Crippen LogP contribution in [0.25, 0.3) is 11.0 Å². The first-order valence-corrected chi connectivity index (χ1v) is 11.1. The fourth-order valence-corrected chi connectivity index (χ4v) is 4.71. The first-order chi connectivity index (χ1) is 14.8. The van der Waals surface area contributed by atoms with Crippen LogP contribution >= 0.6 is 0 Å². The zero-order valence-electron chi connectivity index (χ0n) is 16.7. The third kappa shape index (κ3) is 4.01. The van der Waals surface area contributed by atoms with Crippen LogP contribution in [-0.4, -0.2) is 50.7 Å². The van der Waals surface area contributed by atoms with Gasteiger partial charge in [-0.15, -0.1) is 0 Å². The molecule has 4 N–H and O–H groups in total. The number of nitrogens with two attached hydrogens (primary N) is 1. The summed E-state index contributed by atoms with van der Waals surface area (Å²) in [7, 11) is -2.32. The second kappa shape index (κ2) is 8.08. The minimum absolute atomic E-state index is 0.0298. The topological polar surface area (TPSA) is 148 Å². The number of methoxy groups -OCH3 is 1. The van der Waals surface area contributed by atoms with Gasteiger partial charge in [-0.25, -0.2) is 13.4 Å². The second-order valence-corrected chi connectivity index (χ2v) is 8.89. The molecule has 3 aromatic rings. The van der Waals surface area contributed by atoms with Crippen molar-refractivity contribution in [2.45, 2.75) is 23.8 Å². The van der Waals surface area contributed by atoms with E-state index >= 15 is 0 Å². The maximum atomic E-state index is 13.0. The molecule has 11 heteroatoms. The molecule has 0 bridgehead atoms. The number of nitrogens with one attached hydrogen (secondary N) is 1. The smallest absolute Gasteiger partial charge is 0.288 e. The standard InChI is InChI=1S/C20H22N4O6S/c1-29-12-6-9-24(10-7-12)20-15(3-2-8-22-20)23-31(27,28)13-4-5-14-16(11-13)30-18(17(14)25)19(21)26/h2-5,8,11-12,23,25H,6-7,9-10H2,1H3,(H2,21,26). The van der Waals surface area contributed by atoms with Gasteiger partial charge >= 0.3 is 0 Å². The molecule has 3 heterocycles. The summed E-state index contributed by atoms with van der Waals surface area (Å²) in [6.07, 6.45) is 3.43. The van der Waals surface area contributed by atoms with Crippen LogP contribution in [0, 0.1) is 0 Å². The van der Waals surface area contributed by atoms with Gasteiger partial charge in [0.05, 0.1) is 22.1 Å². The quantitative estimate of drug-likeness (QED) is 0.521. The van der Waals surface area contributed by atoms with Crippen molar-refractivity contribution in [2.75, 3.05) is 29.8 Å². The summed E-state index contributed by atoms with van der Waals surface area (Å²) in [5.41, 5.74) is 5.54. The number of sulfonamides is 1. The molecule has 1 aromatic carbocycles. The number of furan rings is 1. The van der Waals surface area contributed by atoms with Gasteiger partial charge in [0.2, 0.25) is 5.76 Å². The van der Waals surface area contributed by atoms with Gasteiger partial charge in [0.1, 0.15) is 5.58 Å². The lowest BCUT2D eigenvalue weighted by Gasteiger charge is -2.33. The molecule has 1 saturated heterocycles. The van der Waals surface area contributed by atoms with Gasteiger partial charge in [0, 0.05) is 32.5 Å². The van der Waals surface area contributed by atoms with Crippen molar-refractivity contribution in [1.29, 1.82) is 0 Å². The predicted molar refractivity (Wildman–Crippen MR) is 114 cm³/mol. The van der Waals surface area contributed by atoms with Crippen molar-refractivity contribution in [3.8, 4) is 5.75 Å². The third-order valence-electron chi connectivity index (χ3n) is 5.28. The molecule has 164 valence electrons. The van der Waals surface area contributed by atoms with Gasteiger partial charge in [-0.2, -0.15) is 0 Å². The average molecular weight is 446 g/mol. The van der Waals surface area contributed by atoms with E-state index < -0.39 is 27.4 Å². The van der Waals surface area contributed by atoms with Crippen molar-refractivity contribution in [2.24, 2.45) is 5.73 Å². The Bertz CT molecular complexity index is 1230. The lowest BCUT2D eigenvalue weighted by molar-refractivity contribution is 0.0818. The molecule has 0 aliphatic carbocycles. The highest BCUT2D eigenvalue weighted by Gasteiger charge is 2.25. The van der Waals surface area contributed by atoms with Crippen LogP contribution in [0.15, 0.2) is 45.8 Å². The largest absolute Gasteiger partial charge is 0.504 e. The van der Waals surface area contributed by atoms with Gasteiger partial charge < -0.3 is 24.9 Å². The van der Waals surface area contributed by atoms with Gasteiger partial charge in [-0.05, 0) is 37.1 Å². The van der Waals surface area contributed by atoms with Gasteiger partial charge in [0.15, 0.2) is 11.6 Å². The minimum atomic E-state index is -4.00. The Hall–Kier alpha value is -3.31. The molecular weight excluding hydrogens is 424 g/mol. The van der Waals surface area contributed by atoms with Crippen molar-refractivity contribution in [3.63, 3.8) is 0 Å². The van der Waals surface area contributed by atoms with E-state index in [9.17, 15) is 18.3 Å². The molecule has 2 aromatic heterocycles. The molecule has 1 aliphatic rings. The fourth-order valence-electron chi connectivity index (χ4n) is 3.63. The van der Waals surface area contributed by atoms with Gasteiger partial charge in [-0.1, -0.05) is 0 Å². The van der Waals surface area contributed by atoms with Crippen LogP contribution in [0.1, 0.15) is 23.4 Å². The number of amides is 1. The van der Waals surface area contributed by atoms with E-state index in [4.69, 9.17) is 14.9 Å². The summed E-state index contributed by atoms with van der Waals surface area (Å²) in [5.74, 6) is -1.26. The predicted octanol–water partition coefficient (Wildman–Crippen LogP) is 2.05. The van der Waals surface area contributed by atoms with Gasteiger partial charge in [-0.3, -0.25) is 9.52 Å². The molecule has 0 saturated carbocycles. The summed E-state index contributed by atoms with van der Waals surface area (Å²) in [6, 6.07) is 7.19. The van der Waals surface area contributed by atoms with Crippen LogP contribution in [0.2, 0.25) is 0 Å². The highest BCUT2D eigenvalue weighted by molar-refractivity contribution is 7.92. The van der Waals surface area contributed by atoms with E-state index in [0.717, 1.165) is 12.8 Å². The lowest BCUT2D eigenvalue weighted by atomic mass is 10.1. The number of benzene rings is 1. The Morgan fingerprint density at radius 1 is 1.32 bits per heavy atom. The second-order valence-electron chi connectivity index (χ2n) is 7.20. The van der Waals surface area contributed by atoms with Crippen molar-refractivity contribution in [1.82, 2.24) is 4.98 Å². The van der Waals surface area contributed by atoms with Crippen LogP contribution in [0.5, 0.6) is 5.75 Å². The molecule has 1 amide bonds. The Morgan fingerprint density at radius 2 is 2.06 bits per heavy atom. The summed E-state index contributed by atoms with van der Waals surface area (Å²) >= 11 is 0. The first kappa shape index (κ1) is 20.9. The van der Waals surface area contributed by atoms with Crippen LogP contribution < -0.4 is 15.4 Å². The van der Waals surface area contributed by atoms with E-state index in [1.807, 2.05) is 4.90 Å². The Balaban J connectivity index is 1.63. The normalized spacial score (nSPS) is 15.3. The number of piperidine rings is 1. The summed E-state index contributed by atoms with van der Waals surface area (Å²) < 4.78 is 39.3. The number of pyridine rings is 1. The van der Waals surface area contributed by atoms with E-state index in [2.05, 4.69) is 9.71 Å². The zero-order chi connectivity index (χ0) is 22.2. The first-order valence-electron chi connectivity index (χ1n) is 9.61. The molecule has 0 spiro atoms. The van der Waals surface area contributed by atoms with E-state index in [1.54, 1.807) is 25.4 Å². The molecule has 10 nitrogen and oxygen atoms in total. The number of anilines is 2. The Labute approximate surface area is 178 Å². The number of aromatic nitrogens is 1. The third-order valence-corrected chi connectivity index (χ3v) is 6.64. The Kier molecular flexibility index (Phi) is 5.46. The number of carbonyl (C=O) groups is 1. The van der Waals surface area contributed by atoms with Crippen LogP contribution in [-0.2, 0) is 14.8 Å². The maximum Gasteiger partial charge on any atom is 0.288 e. The number of hydrogen-bond acceptors (Lipinski definition) is 8. The maximum absolute atomic E-state index is 13.0. The SMILES string of the molecule is COC1CCN(c2ncccc2NS(=O)(=O)c2ccc3c(O)c(C(N)=O)oc3c2)CC1. The number of primary amides is 1. The number of aromatic hydroxyl groups is 1. The van der Waals surface area contributed by atoms with Crippen molar-refractivity contribution in [3.05, 3.63) is 42.3 Å². The summed E-state index contributed by atoms with van der Waals surface area (Å²) in [6.45, 7) is 1.38. The van der Waals surface area contributed by atoms with E-state index in [1.165, 1.54) is 18.2 Å². The molecule has 0 radical (unpaired) electrons. The lowest BCUT2D eigenvalue weighted by Crippen LogP contribution is -2.37. The number of fused-ring (bicyclic) bond motifs is 1. The van der Waals surface area contributed by atoms with E-state index in [-0.39, 0.29) is 22.0 Å². The van der Waals surface area contributed by atoms with Crippen molar-refractivity contribution >= 4 is 38.4 Å². The molecule has 1 fully saturated rings. The Morgan fingerprint density at radius 3 is 2.74 bits per heavy atom. The molecule has 0 unspecified atom stereocenters. The number of carbonyl (C=O) groups excluding carboxylic acids is 1. The van der Waals surface area contributed by atoms with Crippen molar-refractivity contribution < 1.29 is 27.5 Å². The highest BCUT2D eigenvalue weighted by Crippen LogP contribution is 2.34. The molecule has 1 aliphatic heterocycles. The molecule has 0 atom stereocenters. The average Bonchev–Trinajstić information content (AvgIpc) is 3.10. The molecule has 31 heavy (non-hydrogen) atoms. The highest BCUT2D eigenvalue weighted by atomic mass is 32.2. The molecule has 4 rings (SSSR count). The summed E-state index contributed by atoms with van der Waals surface area (Å²) in [5, 5.41) is 10.2. The summed E-state index contributed by atoms with van der Waals surface area (Å²) in [4.78, 5) is 17.6. The van der Waals surface area contributed by atoms with Gasteiger partial charge in [0.25, 0.3) is 15.9 Å². The minimum Gasteiger partial charge on any atom is -0.504 e. The zero-order valence-corrected chi connectivity index (χ0v) is 17.6.